The molecule has 3 nitrogen and oxygen atoms in total. The molecule has 0 atom stereocenters. The van der Waals surface area contributed by atoms with E-state index < -0.39 is 0 Å². The summed E-state index contributed by atoms with van der Waals surface area (Å²) in [7, 11) is 1.66. The number of hydrogen-bond acceptors (Lipinski definition) is 4. The number of nitrogen functional groups attached to an aromatic ring is 1. The van der Waals surface area contributed by atoms with Crippen LogP contribution in [0.2, 0.25) is 0 Å². The highest BCUT2D eigenvalue weighted by Crippen LogP contribution is 2.31. The van der Waals surface area contributed by atoms with E-state index in [0.717, 1.165) is 15.5 Å². The van der Waals surface area contributed by atoms with Gasteiger partial charge in [-0.05, 0) is 30.3 Å². The summed E-state index contributed by atoms with van der Waals surface area (Å²) in [4.78, 5) is 6.09. The smallest absolute Gasteiger partial charge is 0.118 e. The van der Waals surface area contributed by atoms with Crippen molar-refractivity contribution in [1.82, 2.24) is 4.98 Å². The van der Waals surface area contributed by atoms with Crippen LogP contribution in [-0.2, 0) is 0 Å². The molecule has 2 rings (SSSR count). The number of anilines is 1. The molecule has 0 amide bonds. The van der Waals surface area contributed by atoms with Gasteiger partial charge in [-0.3, -0.25) is 4.98 Å². The third kappa shape index (κ3) is 2.46. The lowest BCUT2D eigenvalue weighted by Crippen LogP contribution is -1.89. The summed E-state index contributed by atoms with van der Waals surface area (Å²) in [5, 5.41) is 0. The Bertz CT molecular complexity index is 471. The van der Waals surface area contributed by atoms with Crippen molar-refractivity contribution in [1.29, 1.82) is 0 Å². The Kier molecular flexibility index (Phi) is 3.31. The van der Waals surface area contributed by atoms with Crippen LogP contribution in [0.1, 0.15) is 0 Å². The van der Waals surface area contributed by atoms with Crippen LogP contribution in [0.5, 0.6) is 5.75 Å². The third-order valence-corrected chi connectivity index (χ3v) is 3.20. The van der Waals surface area contributed by atoms with Crippen LogP contribution in [0.25, 0.3) is 0 Å². The first-order valence-corrected chi connectivity index (χ1v) is 5.62. The van der Waals surface area contributed by atoms with Gasteiger partial charge < -0.3 is 10.5 Å². The van der Waals surface area contributed by atoms with Crippen molar-refractivity contribution < 1.29 is 4.74 Å². The van der Waals surface area contributed by atoms with Gasteiger partial charge in [0.25, 0.3) is 0 Å². The third-order valence-electron chi connectivity index (χ3n) is 2.10. The highest BCUT2D eigenvalue weighted by molar-refractivity contribution is 7.99. The van der Waals surface area contributed by atoms with Crippen LogP contribution in [0, 0.1) is 0 Å². The maximum absolute atomic E-state index is 5.82. The molecule has 0 fully saturated rings. The van der Waals surface area contributed by atoms with Gasteiger partial charge in [0.2, 0.25) is 0 Å². The average molecular weight is 232 g/mol. The van der Waals surface area contributed by atoms with E-state index in [0.29, 0.717) is 5.69 Å². The molecular formula is C12H12N2OS. The van der Waals surface area contributed by atoms with Crippen LogP contribution >= 0.6 is 11.8 Å². The number of rotatable bonds is 3. The van der Waals surface area contributed by atoms with Gasteiger partial charge in [0.05, 0.1) is 19.0 Å². The minimum atomic E-state index is 0.698. The van der Waals surface area contributed by atoms with Gasteiger partial charge in [0.1, 0.15) is 5.75 Å². The molecule has 82 valence electrons. The number of nitrogens with two attached hydrogens (primary N) is 1. The van der Waals surface area contributed by atoms with Gasteiger partial charge in [-0.15, -0.1) is 0 Å². The van der Waals surface area contributed by atoms with Crippen molar-refractivity contribution in [2.45, 2.75) is 9.79 Å². The molecule has 0 aliphatic carbocycles. The Morgan fingerprint density at radius 3 is 2.56 bits per heavy atom. The van der Waals surface area contributed by atoms with Gasteiger partial charge in [0, 0.05) is 16.0 Å². The molecule has 0 saturated carbocycles. The SMILES string of the molecule is COc1ccc(Sc2ccncc2N)cc1. The number of nitrogens with zero attached hydrogens (tertiary/aromatic N) is 1. The van der Waals surface area contributed by atoms with Gasteiger partial charge in [-0.25, -0.2) is 0 Å². The first-order chi connectivity index (χ1) is 7.79. The second-order valence-electron chi connectivity index (χ2n) is 3.19. The minimum absolute atomic E-state index is 0.698. The summed E-state index contributed by atoms with van der Waals surface area (Å²) in [6, 6.07) is 9.77. The molecule has 1 heterocycles. The maximum Gasteiger partial charge on any atom is 0.118 e. The van der Waals surface area contributed by atoms with Crippen LogP contribution in [0.4, 0.5) is 5.69 Å². The van der Waals surface area contributed by atoms with Crippen LogP contribution in [0.3, 0.4) is 0 Å². The highest BCUT2D eigenvalue weighted by Gasteiger charge is 2.01. The van der Waals surface area contributed by atoms with Gasteiger partial charge >= 0.3 is 0 Å². The predicted molar refractivity (Wildman–Crippen MR) is 65.8 cm³/mol. The Morgan fingerprint density at radius 2 is 1.94 bits per heavy atom. The zero-order chi connectivity index (χ0) is 11.4. The van der Waals surface area contributed by atoms with E-state index in [4.69, 9.17) is 10.5 Å². The molecule has 0 radical (unpaired) electrons. The van der Waals surface area contributed by atoms with Crippen molar-refractivity contribution in [3.05, 3.63) is 42.7 Å². The van der Waals surface area contributed by atoms with Crippen LogP contribution in [-0.4, -0.2) is 12.1 Å². The molecule has 0 bridgehead atoms. The summed E-state index contributed by atoms with van der Waals surface area (Å²) in [6.45, 7) is 0. The predicted octanol–water partition coefficient (Wildman–Crippen LogP) is 2.82. The molecule has 0 aliphatic rings. The largest absolute Gasteiger partial charge is 0.497 e. The molecule has 0 saturated heterocycles. The van der Waals surface area contributed by atoms with Gasteiger partial charge in [-0.1, -0.05) is 11.8 Å². The highest BCUT2D eigenvalue weighted by atomic mass is 32.2. The number of ether oxygens (including phenoxy) is 1. The van der Waals surface area contributed by atoms with Crippen molar-refractivity contribution >= 4 is 17.4 Å². The van der Waals surface area contributed by atoms with Crippen molar-refractivity contribution in [3.8, 4) is 5.75 Å². The van der Waals surface area contributed by atoms with E-state index >= 15 is 0 Å². The fourth-order valence-corrected chi connectivity index (χ4v) is 2.08. The monoisotopic (exact) mass is 232 g/mol. The molecule has 0 aliphatic heterocycles. The van der Waals surface area contributed by atoms with E-state index in [9.17, 15) is 0 Å². The molecule has 1 aromatic heterocycles. The Hall–Kier alpha value is -1.68. The summed E-state index contributed by atoms with van der Waals surface area (Å²) < 4.78 is 5.10. The quantitative estimate of drug-likeness (QED) is 0.884. The van der Waals surface area contributed by atoms with Crippen LogP contribution in [0.15, 0.2) is 52.5 Å². The summed E-state index contributed by atoms with van der Waals surface area (Å²) in [6.07, 6.45) is 3.40. The van der Waals surface area contributed by atoms with E-state index in [1.165, 1.54) is 0 Å². The summed E-state index contributed by atoms with van der Waals surface area (Å²) >= 11 is 1.61. The second-order valence-corrected chi connectivity index (χ2v) is 4.31. The van der Waals surface area contributed by atoms with Crippen molar-refractivity contribution in [3.63, 3.8) is 0 Å². The molecule has 16 heavy (non-hydrogen) atoms. The number of pyridine rings is 1. The van der Waals surface area contributed by atoms with E-state index in [2.05, 4.69) is 4.98 Å². The van der Waals surface area contributed by atoms with Crippen LogP contribution < -0.4 is 10.5 Å². The minimum Gasteiger partial charge on any atom is -0.497 e. The molecule has 0 unspecified atom stereocenters. The number of hydrogen-bond donors (Lipinski definition) is 1. The zero-order valence-electron chi connectivity index (χ0n) is 8.88. The average Bonchev–Trinajstić information content (AvgIpc) is 2.33. The molecular weight excluding hydrogens is 220 g/mol. The van der Waals surface area contributed by atoms with Gasteiger partial charge in [0.15, 0.2) is 0 Å². The lowest BCUT2D eigenvalue weighted by Gasteiger charge is -2.05. The molecule has 2 N–H and O–H groups in total. The number of methoxy groups -OCH3 is 1. The standard InChI is InChI=1S/C12H12N2OS/c1-15-9-2-4-10(5-3-9)16-12-6-7-14-8-11(12)13/h2-8H,13H2,1H3. The molecule has 2 aromatic rings. The van der Waals surface area contributed by atoms with E-state index in [1.54, 1.807) is 31.3 Å². The topological polar surface area (TPSA) is 48.1 Å². The van der Waals surface area contributed by atoms with Crippen molar-refractivity contribution in [2.75, 3.05) is 12.8 Å². The maximum atomic E-state index is 5.82. The molecule has 0 spiro atoms. The first-order valence-electron chi connectivity index (χ1n) is 4.81. The Labute approximate surface area is 98.6 Å². The Balaban J connectivity index is 2.18. The normalized spacial score (nSPS) is 10.1. The Morgan fingerprint density at radius 1 is 1.19 bits per heavy atom. The lowest BCUT2D eigenvalue weighted by atomic mass is 10.3. The van der Waals surface area contributed by atoms with E-state index in [-0.39, 0.29) is 0 Å². The number of benzene rings is 1. The van der Waals surface area contributed by atoms with E-state index in [1.807, 2.05) is 30.3 Å². The first kappa shape index (κ1) is 10.8. The second kappa shape index (κ2) is 4.90. The fraction of sp³-hybridized carbons (Fsp3) is 0.0833. The van der Waals surface area contributed by atoms with Gasteiger partial charge in [-0.2, -0.15) is 0 Å². The molecule has 1 aromatic carbocycles. The van der Waals surface area contributed by atoms with Crippen molar-refractivity contribution in [2.24, 2.45) is 0 Å². The fourth-order valence-electron chi connectivity index (χ4n) is 1.26. The number of aromatic nitrogens is 1. The summed E-state index contributed by atoms with van der Waals surface area (Å²) in [5.74, 6) is 0.854. The molecule has 4 heteroatoms. The summed E-state index contributed by atoms with van der Waals surface area (Å²) in [5.41, 5.74) is 6.51. The lowest BCUT2D eigenvalue weighted by molar-refractivity contribution is 0.414. The zero-order valence-corrected chi connectivity index (χ0v) is 9.70.